The van der Waals surface area contributed by atoms with E-state index < -0.39 is 61.3 Å². The Morgan fingerprint density at radius 3 is 1.79 bits per heavy atom. The normalized spacial score (nSPS) is 29.3. The predicted molar refractivity (Wildman–Crippen MR) is 73.1 cm³/mol. The smallest absolute Gasteiger partial charge is 0.305 e. The molecule has 0 radical (unpaired) electrons. The van der Waals surface area contributed by atoms with Gasteiger partial charge in [-0.1, -0.05) is 0 Å². The Labute approximate surface area is 137 Å². The fourth-order valence-electron chi connectivity index (χ4n) is 2.12. The molecule has 0 amide bonds. The summed E-state index contributed by atoms with van der Waals surface area (Å²) in [5.74, 6) is -3.11. The van der Waals surface area contributed by atoms with Gasteiger partial charge in [-0.3, -0.25) is 19.2 Å². The van der Waals surface area contributed by atoms with E-state index >= 15 is 0 Å². The maximum Gasteiger partial charge on any atom is 0.305 e. The second-order valence-corrected chi connectivity index (χ2v) is 5.05. The van der Waals surface area contributed by atoms with Crippen molar-refractivity contribution in [3.63, 3.8) is 0 Å². The first kappa shape index (κ1) is 19.8. The van der Waals surface area contributed by atoms with Crippen molar-refractivity contribution < 1.29 is 47.3 Å². The molecule has 1 fully saturated rings. The highest BCUT2D eigenvalue weighted by Gasteiger charge is 2.52. The van der Waals surface area contributed by atoms with Crippen LogP contribution in [0.4, 0.5) is 4.39 Å². The molecule has 1 saturated heterocycles. The van der Waals surface area contributed by atoms with Crippen LogP contribution in [-0.4, -0.2) is 61.3 Å². The Morgan fingerprint density at radius 2 is 1.33 bits per heavy atom. The lowest BCUT2D eigenvalue weighted by Crippen LogP contribution is -2.60. The minimum absolute atomic E-state index is 0.421. The number of carbonyl (C=O) groups is 4. The van der Waals surface area contributed by atoms with Crippen molar-refractivity contribution in [2.24, 2.45) is 0 Å². The fraction of sp³-hybridized carbons (Fsp3) is 0.714. The third kappa shape index (κ3) is 5.76. The summed E-state index contributed by atoms with van der Waals surface area (Å²) >= 11 is 0. The Hall–Kier alpha value is -2.23. The third-order valence-electron chi connectivity index (χ3n) is 2.91. The summed E-state index contributed by atoms with van der Waals surface area (Å²) < 4.78 is 39.0. The van der Waals surface area contributed by atoms with Crippen molar-refractivity contribution in [3.8, 4) is 0 Å². The molecule has 0 aromatic heterocycles. The van der Waals surface area contributed by atoms with Crippen LogP contribution in [0.2, 0.25) is 0 Å². The molecule has 0 unspecified atom stereocenters. The van der Waals surface area contributed by atoms with Crippen LogP contribution >= 0.6 is 0 Å². The summed E-state index contributed by atoms with van der Waals surface area (Å²) in [6.07, 6.45) is -7.98. The highest BCUT2D eigenvalue weighted by atomic mass is 19.1. The number of hydrogen-bond donors (Lipinski definition) is 0. The molecule has 0 aliphatic carbocycles. The van der Waals surface area contributed by atoms with E-state index in [1.165, 1.54) is 0 Å². The number of rotatable bonds is 5. The molecule has 0 spiro atoms. The van der Waals surface area contributed by atoms with Crippen LogP contribution in [-0.2, 0) is 42.9 Å². The number of esters is 4. The van der Waals surface area contributed by atoms with Crippen LogP contribution in [0, 0.1) is 0 Å². The van der Waals surface area contributed by atoms with Crippen LogP contribution in [0.25, 0.3) is 0 Å². The van der Waals surface area contributed by atoms with Gasteiger partial charge in [0.25, 0.3) is 0 Å². The first-order valence-electron chi connectivity index (χ1n) is 7.06. The molecular weight excluding hydrogens is 331 g/mol. The summed E-state index contributed by atoms with van der Waals surface area (Å²) in [4.78, 5) is 44.5. The lowest BCUT2D eigenvalue weighted by Gasteiger charge is -2.41. The lowest BCUT2D eigenvalue weighted by molar-refractivity contribution is -0.284. The minimum atomic E-state index is -2.10. The van der Waals surface area contributed by atoms with Crippen molar-refractivity contribution in [2.45, 2.75) is 58.5 Å². The van der Waals surface area contributed by atoms with Gasteiger partial charge in [-0.2, -0.15) is 0 Å². The van der Waals surface area contributed by atoms with Gasteiger partial charge >= 0.3 is 23.9 Å². The van der Waals surface area contributed by atoms with E-state index in [9.17, 15) is 23.6 Å². The predicted octanol–water partition coefficient (Wildman–Crippen LogP) is 0.0390. The molecule has 1 heterocycles. The molecule has 0 bridgehead atoms. The first-order valence-corrected chi connectivity index (χ1v) is 7.06. The molecular formula is C14H19FO9. The molecule has 10 heteroatoms. The zero-order chi connectivity index (χ0) is 18.4. The fourth-order valence-corrected chi connectivity index (χ4v) is 2.12. The molecule has 0 aromatic carbocycles. The zero-order valence-electron chi connectivity index (χ0n) is 13.6. The third-order valence-corrected chi connectivity index (χ3v) is 2.91. The molecule has 0 aromatic rings. The van der Waals surface area contributed by atoms with Gasteiger partial charge in [-0.15, -0.1) is 0 Å². The summed E-state index contributed by atoms with van der Waals surface area (Å²) in [7, 11) is 0. The van der Waals surface area contributed by atoms with Gasteiger partial charge in [-0.05, 0) is 0 Å². The second kappa shape index (κ2) is 8.57. The van der Waals surface area contributed by atoms with E-state index in [1.807, 2.05) is 0 Å². The Kier molecular flexibility index (Phi) is 7.08. The van der Waals surface area contributed by atoms with Gasteiger partial charge in [0.05, 0.1) is 0 Å². The van der Waals surface area contributed by atoms with Crippen LogP contribution < -0.4 is 0 Å². The van der Waals surface area contributed by atoms with Crippen molar-refractivity contribution in [1.29, 1.82) is 0 Å². The summed E-state index contributed by atoms with van der Waals surface area (Å²) in [6.45, 7) is 3.86. The van der Waals surface area contributed by atoms with Gasteiger partial charge in [0.15, 0.2) is 12.2 Å². The lowest BCUT2D eigenvalue weighted by atomic mass is 9.99. The zero-order valence-corrected chi connectivity index (χ0v) is 13.6. The van der Waals surface area contributed by atoms with E-state index in [-0.39, 0.29) is 0 Å². The first-order chi connectivity index (χ1) is 11.1. The van der Waals surface area contributed by atoms with E-state index in [1.54, 1.807) is 0 Å². The van der Waals surface area contributed by atoms with Crippen LogP contribution in [0.1, 0.15) is 27.7 Å². The molecule has 24 heavy (non-hydrogen) atoms. The number of carbonyl (C=O) groups excluding carboxylic acids is 4. The van der Waals surface area contributed by atoms with Crippen molar-refractivity contribution >= 4 is 23.9 Å². The minimum Gasteiger partial charge on any atom is -0.463 e. The molecule has 0 saturated carbocycles. The van der Waals surface area contributed by atoms with Crippen molar-refractivity contribution in [3.05, 3.63) is 0 Å². The second-order valence-electron chi connectivity index (χ2n) is 5.05. The molecule has 0 N–H and O–H groups in total. The van der Waals surface area contributed by atoms with Gasteiger partial charge in [0.1, 0.15) is 12.7 Å². The monoisotopic (exact) mass is 350 g/mol. The van der Waals surface area contributed by atoms with Crippen molar-refractivity contribution in [2.75, 3.05) is 6.61 Å². The largest absolute Gasteiger partial charge is 0.463 e. The van der Waals surface area contributed by atoms with Crippen LogP contribution in [0.5, 0.6) is 0 Å². The molecule has 9 nitrogen and oxygen atoms in total. The van der Waals surface area contributed by atoms with Crippen LogP contribution in [0.15, 0.2) is 0 Å². The Balaban J connectivity index is 3.08. The molecule has 1 aliphatic rings. The average molecular weight is 350 g/mol. The number of alkyl halides is 1. The Morgan fingerprint density at radius 1 is 0.833 bits per heavy atom. The topological polar surface area (TPSA) is 114 Å². The van der Waals surface area contributed by atoms with Crippen molar-refractivity contribution in [1.82, 2.24) is 0 Å². The number of ether oxygens (including phenoxy) is 5. The van der Waals surface area contributed by atoms with Crippen LogP contribution in [0.3, 0.4) is 0 Å². The molecule has 136 valence electrons. The van der Waals surface area contributed by atoms with E-state index in [4.69, 9.17) is 23.7 Å². The van der Waals surface area contributed by atoms with Gasteiger partial charge in [0, 0.05) is 27.7 Å². The average Bonchev–Trinajstić information content (AvgIpc) is 2.42. The maximum absolute atomic E-state index is 14.5. The summed E-state index contributed by atoms with van der Waals surface area (Å²) in [5, 5.41) is 0. The highest BCUT2D eigenvalue weighted by molar-refractivity contribution is 5.68. The number of halogens is 1. The number of hydrogen-bond acceptors (Lipinski definition) is 9. The quantitative estimate of drug-likeness (QED) is 0.500. The molecule has 5 atom stereocenters. The summed E-state index contributed by atoms with van der Waals surface area (Å²) in [6, 6.07) is 0. The Bertz CT molecular complexity index is 490. The standard InChI is InChI=1S/C14H19FO9/c1-6(16)20-5-10-12(21-7(2)17)13(22-8(3)18)11(15)14(24-10)23-9(4)19/h10-14H,5H2,1-4H3/t10-,11-,12-,13-,14+/m1/s1. The van der Waals surface area contributed by atoms with E-state index in [0.717, 1.165) is 27.7 Å². The SMILES string of the molecule is CC(=O)OC[C@H]1O[C@H](OC(C)=O)[C@H](F)[C@@H](OC(C)=O)[C@@H]1OC(C)=O. The van der Waals surface area contributed by atoms with E-state index in [2.05, 4.69) is 0 Å². The summed E-state index contributed by atoms with van der Waals surface area (Å²) in [5.41, 5.74) is 0. The van der Waals surface area contributed by atoms with Gasteiger partial charge in [-0.25, -0.2) is 4.39 Å². The maximum atomic E-state index is 14.5. The molecule has 1 rings (SSSR count). The van der Waals surface area contributed by atoms with Gasteiger partial charge < -0.3 is 23.7 Å². The van der Waals surface area contributed by atoms with Gasteiger partial charge in [0.2, 0.25) is 12.5 Å². The molecule has 1 aliphatic heterocycles. The van der Waals surface area contributed by atoms with E-state index in [0.29, 0.717) is 0 Å². The highest BCUT2D eigenvalue weighted by Crippen LogP contribution is 2.29.